The minimum Gasteiger partial charge on any atom is -0.547 e. The van der Waals surface area contributed by atoms with Gasteiger partial charge in [-0.2, -0.15) is 0 Å². The van der Waals surface area contributed by atoms with E-state index in [0.29, 0.717) is 13.2 Å². The van der Waals surface area contributed by atoms with Crippen LogP contribution in [0, 0.1) is 0 Å². The van der Waals surface area contributed by atoms with E-state index in [2.05, 4.69) is 71.7 Å². The first-order chi connectivity index (χ1) is 13.9. The smallest absolute Gasteiger partial charge is 0.241 e. The van der Waals surface area contributed by atoms with Crippen LogP contribution in [0.15, 0.2) is 42.2 Å². The number of ether oxygens (including phenoxy) is 2. The molecule has 0 N–H and O–H groups in total. The highest BCUT2D eigenvalue weighted by molar-refractivity contribution is 6.74. The van der Waals surface area contributed by atoms with E-state index in [4.69, 9.17) is 18.3 Å². The summed E-state index contributed by atoms with van der Waals surface area (Å²) < 4.78 is 25.0. The topological polar surface area (TPSA) is 36.9 Å². The second kappa shape index (κ2) is 10.6. The molecule has 1 aromatic rings. The first kappa shape index (κ1) is 25.3. The molecular formula is C24H42O4Si2. The van der Waals surface area contributed by atoms with Gasteiger partial charge in [-0.1, -0.05) is 51.1 Å². The van der Waals surface area contributed by atoms with E-state index in [1.165, 1.54) is 5.56 Å². The van der Waals surface area contributed by atoms with Crippen LogP contribution < -0.4 is 0 Å². The van der Waals surface area contributed by atoms with E-state index in [0.717, 1.165) is 25.2 Å². The van der Waals surface area contributed by atoms with E-state index < -0.39 is 16.6 Å². The van der Waals surface area contributed by atoms with Crippen LogP contribution in [0.4, 0.5) is 0 Å². The lowest BCUT2D eigenvalue weighted by molar-refractivity contribution is -0.0624. The fourth-order valence-corrected chi connectivity index (χ4v) is 5.08. The Bertz CT molecular complexity index is 675. The molecule has 1 aliphatic rings. The fourth-order valence-electron chi connectivity index (χ4n) is 3.08. The second-order valence-corrected chi connectivity index (χ2v) is 20.0. The van der Waals surface area contributed by atoms with Crippen LogP contribution >= 0.6 is 0 Å². The maximum atomic E-state index is 6.37. The third kappa shape index (κ3) is 8.67. The van der Waals surface area contributed by atoms with Crippen molar-refractivity contribution >= 4 is 16.6 Å². The summed E-state index contributed by atoms with van der Waals surface area (Å²) in [5.41, 5.74) is 1.18. The molecular weight excluding hydrogens is 408 g/mol. The molecule has 30 heavy (non-hydrogen) atoms. The summed E-state index contributed by atoms with van der Waals surface area (Å²) in [6.07, 6.45) is 3.82. The Morgan fingerprint density at radius 3 is 2.30 bits per heavy atom. The number of hydrogen-bond acceptors (Lipinski definition) is 4. The summed E-state index contributed by atoms with van der Waals surface area (Å²) in [5.74, 6) is 1.06. The highest BCUT2D eigenvalue weighted by Crippen LogP contribution is 2.36. The molecule has 1 heterocycles. The molecule has 0 aliphatic carbocycles. The Morgan fingerprint density at radius 1 is 1.03 bits per heavy atom. The molecule has 1 aromatic carbocycles. The van der Waals surface area contributed by atoms with Crippen molar-refractivity contribution in [1.29, 1.82) is 0 Å². The van der Waals surface area contributed by atoms with Crippen molar-refractivity contribution in [1.82, 2.24) is 0 Å². The third-order valence-electron chi connectivity index (χ3n) is 5.69. The average Bonchev–Trinajstić information content (AvgIpc) is 2.60. The van der Waals surface area contributed by atoms with Gasteiger partial charge in [-0.15, -0.1) is 0 Å². The molecule has 0 fully saturated rings. The van der Waals surface area contributed by atoms with Gasteiger partial charge in [-0.3, -0.25) is 0 Å². The molecule has 6 heteroatoms. The third-order valence-corrected chi connectivity index (χ3v) is 11.1. The Hall–Kier alpha value is -0.926. The van der Waals surface area contributed by atoms with Crippen molar-refractivity contribution in [2.45, 2.75) is 90.2 Å². The quantitative estimate of drug-likeness (QED) is 0.381. The molecule has 0 unspecified atom stereocenters. The summed E-state index contributed by atoms with van der Waals surface area (Å²) in [6, 6.07) is 10.3. The predicted octanol–water partition coefficient (Wildman–Crippen LogP) is 6.51. The van der Waals surface area contributed by atoms with Gasteiger partial charge in [0.25, 0.3) is 0 Å². The number of benzene rings is 1. The van der Waals surface area contributed by atoms with E-state index in [9.17, 15) is 0 Å². The minimum absolute atomic E-state index is 0.0141. The zero-order chi connectivity index (χ0) is 22.4. The van der Waals surface area contributed by atoms with Gasteiger partial charge in [0.05, 0.1) is 31.2 Å². The predicted molar refractivity (Wildman–Crippen MR) is 130 cm³/mol. The summed E-state index contributed by atoms with van der Waals surface area (Å²) in [7, 11) is -3.41. The summed E-state index contributed by atoms with van der Waals surface area (Å²) in [4.78, 5) is 0. The standard InChI is InChI=1S/C24H42O4Si2/c1-24(2,3)30(7,8)26-15-14-21-16-22(28-29(4,5)6)17-23(27-21)19-25-18-20-12-10-9-11-13-20/h9-13,16,21,23H,14-15,17-19H2,1-8H3/t21-,23-/m0/s1. The molecule has 0 spiro atoms. The van der Waals surface area contributed by atoms with E-state index in [1.807, 2.05) is 18.2 Å². The maximum Gasteiger partial charge on any atom is 0.241 e. The van der Waals surface area contributed by atoms with Crippen molar-refractivity contribution in [2.24, 2.45) is 0 Å². The Balaban J connectivity index is 1.93. The number of hydrogen-bond donors (Lipinski definition) is 0. The molecule has 2 rings (SSSR count). The zero-order valence-corrected chi connectivity index (χ0v) is 22.3. The molecule has 0 amide bonds. The van der Waals surface area contributed by atoms with E-state index >= 15 is 0 Å². The van der Waals surface area contributed by atoms with Crippen molar-refractivity contribution in [3.05, 3.63) is 47.7 Å². The first-order valence-corrected chi connectivity index (χ1v) is 17.5. The minimum atomic E-state index is -1.75. The first-order valence-electron chi connectivity index (χ1n) is 11.2. The average molecular weight is 451 g/mol. The van der Waals surface area contributed by atoms with Gasteiger partial charge in [0, 0.05) is 13.0 Å². The fraction of sp³-hybridized carbons (Fsp3) is 0.667. The van der Waals surface area contributed by atoms with Gasteiger partial charge in [0.2, 0.25) is 8.32 Å². The van der Waals surface area contributed by atoms with Crippen LogP contribution in [-0.2, 0) is 24.9 Å². The van der Waals surface area contributed by atoms with Crippen LogP contribution in [0.5, 0.6) is 0 Å². The molecule has 4 nitrogen and oxygen atoms in total. The van der Waals surface area contributed by atoms with E-state index in [-0.39, 0.29) is 17.2 Å². The molecule has 0 saturated heterocycles. The van der Waals surface area contributed by atoms with Crippen LogP contribution in [0.3, 0.4) is 0 Å². The SMILES string of the molecule is CC(C)(C)[Si](C)(C)OCC[C@H]1C=C(O[Si](C)(C)C)C[C@@H](COCc2ccccc2)O1. The Labute approximate surface area is 186 Å². The summed E-state index contributed by atoms with van der Waals surface area (Å²) in [5, 5.41) is 0.218. The van der Waals surface area contributed by atoms with Crippen molar-refractivity contribution in [3.63, 3.8) is 0 Å². The zero-order valence-electron chi connectivity index (χ0n) is 20.3. The highest BCUT2D eigenvalue weighted by Gasteiger charge is 2.37. The number of rotatable bonds is 10. The van der Waals surface area contributed by atoms with Crippen LogP contribution in [0.2, 0.25) is 37.8 Å². The van der Waals surface area contributed by atoms with Gasteiger partial charge in [-0.25, -0.2) is 0 Å². The van der Waals surface area contributed by atoms with Gasteiger partial charge in [0.1, 0.15) is 0 Å². The van der Waals surface area contributed by atoms with Crippen molar-refractivity contribution < 1.29 is 18.3 Å². The van der Waals surface area contributed by atoms with Crippen LogP contribution in [-0.4, -0.2) is 42.1 Å². The normalized spacial score (nSPS) is 20.7. The maximum absolute atomic E-state index is 6.37. The molecule has 170 valence electrons. The van der Waals surface area contributed by atoms with Gasteiger partial charge in [0.15, 0.2) is 8.32 Å². The van der Waals surface area contributed by atoms with Crippen LogP contribution in [0.1, 0.15) is 39.2 Å². The van der Waals surface area contributed by atoms with Gasteiger partial charge >= 0.3 is 0 Å². The molecule has 0 radical (unpaired) electrons. The van der Waals surface area contributed by atoms with Crippen molar-refractivity contribution in [3.8, 4) is 0 Å². The largest absolute Gasteiger partial charge is 0.547 e. The van der Waals surface area contributed by atoms with Crippen molar-refractivity contribution in [2.75, 3.05) is 13.2 Å². The Morgan fingerprint density at radius 2 is 1.70 bits per heavy atom. The molecule has 1 aliphatic heterocycles. The lowest BCUT2D eigenvalue weighted by atomic mass is 10.1. The molecule has 0 aromatic heterocycles. The van der Waals surface area contributed by atoms with Gasteiger partial charge in [-0.05, 0) is 55.8 Å². The second-order valence-electron chi connectivity index (χ2n) is 10.7. The lowest BCUT2D eigenvalue weighted by Crippen LogP contribution is -2.41. The van der Waals surface area contributed by atoms with E-state index in [1.54, 1.807) is 0 Å². The highest BCUT2D eigenvalue weighted by atomic mass is 28.4. The molecule has 0 bridgehead atoms. The monoisotopic (exact) mass is 450 g/mol. The summed E-state index contributed by atoms with van der Waals surface area (Å²) in [6.45, 7) is 20.0. The molecule has 2 atom stereocenters. The lowest BCUT2D eigenvalue weighted by Gasteiger charge is -2.37. The Kier molecular flexibility index (Phi) is 8.95. The van der Waals surface area contributed by atoms with Crippen LogP contribution in [0.25, 0.3) is 0 Å². The molecule has 0 saturated carbocycles. The summed E-state index contributed by atoms with van der Waals surface area (Å²) >= 11 is 0. The van der Waals surface area contributed by atoms with Gasteiger partial charge < -0.3 is 18.3 Å².